The lowest BCUT2D eigenvalue weighted by Crippen LogP contribution is -2.26. The van der Waals surface area contributed by atoms with Crippen LogP contribution in [0.25, 0.3) is 10.9 Å². The Hall–Kier alpha value is -2.63. The van der Waals surface area contributed by atoms with Gasteiger partial charge in [0.25, 0.3) is 0 Å². The van der Waals surface area contributed by atoms with E-state index in [0.29, 0.717) is 22.2 Å². The number of aromatic nitrogens is 1. The van der Waals surface area contributed by atoms with E-state index in [9.17, 15) is 21.6 Å². The second-order valence-electron chi connectivity index (χ2n) is 6.77. The zero-order valence-electron chi connectivity index (χ0n) is 17.3. The molecule has 0 aliphatic heterocycles. The number of halogens is 4. The van der Waals surface area contributed by atoms with Gasteiger partial charge in [-0.3, -0.25) is 0 Å². The van der Waals surface area contributed by atoms with Crippen LogP contribution in [0, 0.1) is 6.92 Å². The monoisotopic (exact) mass is 492 g/mol. The minimum absolute atomic E-state index is 0.0193. The maximum Gasteiger partial charge on any atom is 0.573 e. The van der Waals surface area contributed by atoms with E-state index in [1.165, 1.54) is 44.6 Å². The third-order valence-corrected chi connectivity index (χ3v) is 6.50. The normalized spacial score (nSPS) is 12.2. The van der Waals surface area contributed by atoms with Crippen molar-refractivity contribution >= 4 is 32.5 Å². The summed E-state index contributed by atoms with van der Waals surface area (Å²) in [6.07, 6.45) is -4.60. The molecule has 0 spiro atoms. The number of alkyl halides is 3. The first-order valence-electron chi connectivity index (χ1n) is 9.23. The minimum atomic E-state index is -4.81. The van der Waals surface area contributed by atoms with E-state index in [2.05, 4.69) is 14.4 Å². The van der Waals surface area contributed by atoms with Gasteiger partial charge in [0.05, 0.1) is 19.2 Å². The third kappa shape index (κ3) is 5.22. The summed E-state index contributed by atoms with van der Waals surface area (Å²) >= 11 is 6.02. The Balaban J connectivity index is 1.83. The van der Waals surface area contributed by atoms with E-state index in [1.807, 2.05) is 0 Å². The highest BCUT2D eigenvalue weighted by atomic mass is 35.5. The number of benzene rings is 2. The zero-order valence-corrected chi connectivity index (χ0v) is 18.8. The van der Waals surface area contributed by atoms with Gasteiger partial charge in [-0.1, -0.05) is 11.6 Å². The van der Waals surface area contributed by atoms with Gasteiger partial charge in [-0.15, -0.1) is 13.2 Å². The van der Waals surface area contributed by atoms with Crippen molar-refractivity contribution in [1.29, 1.82) is 0 Å². The first-order chi connectivity index (χ1) is 14.9. The van der Waals surface area contributed by atoms with Gasteiger partial charge in [0.15, 0.2) is 0 Å². The molecule has 32 heavy (non-hydrogen) atoms. The summed E-state index contributed by atoms with van der Waals surface area (Å²) in [5.41, 5.74) is 1.98. The molecule has 3 aromatic rings. The Labute approximate surface area is 187 Å². The summed E-state index contributed by atoms with van der Waals surface area (Å²) in [6, 6.07) is 6.53. The molecule has 0 radical (unpaired) electrons. The number of hydrogen-bond acceptors (Lipinski definition) is 5. The molecule has 3 rings (SSSR count). The van der Waals surface area contributed by atoms with Gasteiger partial charge in [0.2, 0.25) is 10.0 Å². The van der Waals surface area contributed by atoms with E-state index in [-0.39, 0.29) is 40.1 Å². The first-order valence-corrected chi connectivity index (χ1v) is 11.1. The van der Waals surface area contributed by atoms with Crippen LogP contribution >= 0.6 is 11.6 Å². The van der Waals surface area contributed by atoms with E-state index < -0.39 is 16.4 Å². The second kappa shape index (κ2) is 9.08. The second-order valence-corrected chi connectivity index (χ2v) is 8.91. The number of aryl methyl sites for hydroxylation is 1. The molecule has 2 N–H and O–H groups in total. The molecule has 0 fully saturated rings. The van der Waals surface area contributed by atoms with Crippen LogP contribution in [0.2, 0.25) is 5.02 Å². The molecule has 0 aliphatic carbocycles. The number of methoxy groups -OCH3 is 2. The van der Waals surface area contributed by atoms with Crippen molar-refractivity contribution in [2.45, 2.75) is 24.6 Å². The lowest BCUT2D eigenvalue weighted by molar-refractivity contribution is -0.274. The van der Waals surface area contributed by atoms with Gasteiger partial charge in [-0.05, 0) is 37.1 Å². The molecular weight excluding hydrogens is 473 g/mol. The van der Waals surface area contributed by atoms with Crippen LogP contribution in [0.5, 0.6) is 17.2 Å². The summed E-state index contributed by atoms with van der Waals surface area (Å²) in [6.45, 7) is 1.73. The third-order valence-electron chi connectivity index (χ3n) is 4.72. The van der Waals surface area contributed by atoms with Gasteiger partial charge in [0, 0.05) is 35.3 Å². The van der Waals surface area contributed by atoms with E-state index in [4.69, 9.17) is 21.1 Å². The van der Waals surface area contributed by atoms with Gasteiger partial charge in [0.1, 0.15) is 22.1 Å². The van der Waals surface area contributed by atoms with E-state index >= 15 is 0 Å². The van der Waals surface area contributed by atoms with Crippen LogP contribution in [0.3, 0.4) is 0 Å². The molecule has 1 heterocycles. The quantitative estimate of drug-likeness (QED) is 0.481. The lowest BCUT2D eigenvalue weighted by atomic mass is 10.1. The van der Waals surface area contributed by atoms with Gasteiger partial charge < -0.3 is 19.2 Å². The fourth-order valence-electron chi connectivity index (χ4n) is 3.31. The van der Waals surface area contributed by atoms with Crippen LogP contribution in [-0.2, 0) is 16.4 Å². The maximum atomic E-state index is 12.8. The molecule has 1 aromatic heterocycles. The van der Waals surface area contributed by atoms with Gasteiger partial charge in [-0.2, -0.15) is 0 Å². The zero-order chi connectivity index (χ0) is 23.7. The smallest absolute Gasteiger partial charge is 0.495 e. The Bertz CT molecular complexity index is 1240. The van der Waals surface area contributed by atoms with Crippen molar-refractivity contribution in [1.82, 2.24) is 9.71 Å². The molecule has 0 amide bonds. The van der Waals surface area contributed by atoms with Crippen molar-refractivity contribution in [3.63, 3.8) is 0 Å². The molecular formula is C20H20ClF3N2O5S. The Morgan fingerprint density at radius 3 is 2.41 bits per heavy atom. The molecule has 0 saturated heterocycles. The molecule has 174 valence electrons. The van der Waals surface area contributed by atoms with Crippen LogP contribution in [-0.4, -0.2) is 40.5 Å². The molecule has 2 aromatic carbocycles. The van der Waals surface area contributed by atoms with Crippen LogP contribution in [0.15, 0.2) is 35.2 Å². The standard InChI is InChI=1S/C20H20ClF3N2O5S/c1-11-13(14-8-12(31-20(22,23)24)4-5-16(14)26-11)6-7-25-32(27,28)19-10-17(29-2)15(21)9-18(19)30-3/h4-5,8-10,25-26H,6-7H2,1-3H3. The number of ether oxygens (including phenoxy) is 3. The lowest BCUT2D eigenvalue weighted by Gasteiger charge is -2.13. The Kier molecular flexibility index (Phi) is 6.82. The molecule has 0 aliphatic rings. The van der Waals surface area contributed by atoms with Crippen LogP contribution < -0.4 is 18.9 Å². The fraction of sp³-hybridized carbons (Fsp3) is 0.300. The van der Waals surface area contributed by atoms with Gasteiger partial charge >= 0.3 is 6.36 Å². The number of H-pyrrole nitrogens is 1. The molecule has 0 saturated carbocycles. The maximum absolute atomic E-state index is 12.8. The molecule has 12 heteroatoms. The number of sulfonamides is 1. The first kappa shape index (κ1) is 24.0. The summed E-state index contributed by atoms with van der Waals surface area (Å²) in [7, 11) is -1.33. The molecule has 7 nitrogen and oxygen atoms in total. The summed E-state index contributed by atoms with van der Waals surface area (Å²) < 4.78 is 80.0. The highest BCUT2D eigenvalue weighted by Crippen LogP contribution is 2.35. The topological polar surface area (TPSA) is 89.7 Å². The highest BCUT2D eigenvalue weighted by Gasteiger charge is 2.31. The summed E-state index contributed by atoms with van der Waals surface area (Å²) in [4.78, 5) is 2.92. The molecule has 0 atom stereocenters. The number of hydrogen-bond donors (Lipinski definition) is 2. The van der Waals surface area contributed by atoms with E-state index in [0.717, 1.165) is 0 Å². The predicted octanol–water partition coefficient (Wildman–Crippen LogP) is 4.57. The average Bonchev–Trinajstić information content (AvgIpc) is 3.01. The Morgan fingerprint density at radius 2 is 1.78 bits per heavy atom. The van der Waals surface area contributed by atoms with Crippen molar-refractivity contribution < 1.29 is 35.8 Å². The predicted molar refractivity (Wildman–Crippen MR) is 113 cm³/mol. The van der Waals surface area contributed by atoms with Crippen LogP contribution in [0.4, 0.5) is 13.2 Å². The minimum Gasteiger partial charge on any atom is -0.495 e. The van der Waals surface area contributed by atoms with Crippen molar-refractivity contribution in [3.05, 3.63) is 46.6 Å². The SMILES string of the molecule is COc1cc(S(=O)(=O)NCCc2c(C)[nH]c3ccc(OC(F)(F)F)cc23)c(OC)cc1Cl. The molecule has 0 bridgehead atoms. The average molecular weight is 493 g/mol. The number of rotatable bonds is 8. The fourth-order valence-corrected chi connectivity index (χ4v) is 4.74. The van der Waals surface area contributed by atoms with Crippen molar-refractivity contribution in [2.24, 2.45) is 0 Å². The number of aromatic amines is 1. The van der Waals surface area contributed by atoms with Crippen molar-refractivity contribution in [2.75, 3.05) is 20.8 Å². The number of nitrogens with one attached hydrogen (secondary N) is 2. The Morgan fingerprint density at radius 1 is 1.09 bits per heavy atom. The van der Waals surface area contributed by atoms with E-state index in [1.54, 1.807) is 6.92 Å². The highest BCUT2D eigenvalue weighted by molar-refractivity contribution is 7.89. The largest absolute Gasteiger partial charge is 0.573 e. The summed E-state index contributed by atoms with van der Waals surface area (Å²) in [5.74, 6) is -0.151. The number of fused-ring (bicyclic) bond motifs is 1. The van der Waals surface area contributed by atoms with Crippen LogP contribution in [0.1, 0.15) is 11.3 Å². The summed E-state index contributed by atoms with van der Waals surface area (Å²) in [5, 5.41) is 0.698. The van der Waals surface area contributed by atoms with Crippen molar-refractivity contribution in [3.8, 4) is 17.2 Å². The molecule has 0 unspecified atom stereocenters. The van der Waals surface area contributed by atoms with Gasteiger partial charge in [-0.25, -0.2) is 13.1 Å².